The molecule has 1 aromatic carbocycles. The number of hydrogen-bond acceptors (Lipinski definition) is 6. The van der Waals surface area contributed by atoms with Crippen molar-refractivity contribution in [1.82, 2.24) is 10.2 Å². The second-order valence-electron chi connectivity index (χ2n) is 6.83. The van der Waals surface area contributed by atoms with Crippen LogP contribution in [0.25, 0.3) is 0 Å². The Morgan fingerprint density at radius 2 is 2.19 bits per heavy atom. The molecule has 1 unspecified atom stereocenters. The first kappa shape index (κ1) is 21.1. The van der Waals surface area contributed by atoms with E-state index in [4.69, 9.17) is 4.74 Å². The Bertz CT molecular complexity index is 617. The molecule has 1 aliphatic heterocycles. The van der Waals surface area contributed by atoms with E-state index < -0.39 is 11.0 Å². The summed E-state index contributed by atoms with van der Waals surface area (Å²) in [6.45, 7) is 3.47. The number of nitro groups is 1. The summed E-state index contributed by atoms with van der Waals surface area (Å²) in [4.78, 5) is 16.3. The van der Waals surface area contributed by atoms with E-state index >= 15 is 0 Å². The van der Waals surface area contributed by atoms with Crippen LogP contribution in [0.3, 0.4) is 0 Å². The lowest BCUT2D eigenvalue weighted by Crippen LogP contribution is -2.33. The average Bonchev–Trinajstić information content (AvgIpc) is 2.66. The Hall–Kier alpha value is -2.19. The molecule has 0 spiro atoms. The van der Waals surface area contributed by atoms with Crippen LogP contribution in [0.2, 0.25) is 0 Å². The molecule has 0 saturated carbocycles. The van der Waals surface area contributed by atoms with Gasteiger partial charge in [0, 0.05) is 25.1 Å². The first-order valence-electron chi connectivity index (χ1n) is 9.50. The standard InChI is InChI=1S/C19H30N4O4/c1-20-19(14-23(25)26)21-9-8-17(24)15-27-18-7-5-6-16(12-18)13-22-10-3-2-4-11-22/h5-7,12,17,24H,2-4,8-11,13-15H2,1H3,(H,20,21). The van der Waals surface area contributed by atoms with Gasteiger partial charge in [-0.1, -0.05) is 18.6 Å². The molecule has 0 radical (unpaired) electrons. The van der Waals surface area contributed by atoms with Crippen LogP contribution in [0, 0.1) is 10.1 Å². The molecule has 150 valence electrons. The molecule has 1 fully saturated rings. The number of rotatable bonds is 10. The Morgan fingerprint density at radius 1 is 1.41 bits per heavy atom. The fourth-order valence-corrected chi connectivity index (χ4v) is 3.10. The molecule has 0 amide bonds. The third-order valence-corrected chi connectivity index (χ3v) is 4.55. The number of piperidine rings is 1. The van der Waals surface area contributed by atoms with Gasteiger partial charge in [-0.2, -0.15) is 0 Å². The van der Waals surface area contributed by atoms with E-state index in [0.29, 0.717) is 18.8 Å². The maximum absolute atomic E-state index is 10.5. The molecule has 1 saturated heterocycles. The summed E-state index contributed by atoms with van der Waals surface area (Å²) in [5.41, 5.74) is 1.22. The van der Waals surface area contributed by atoms with E-state index in [1.165, 1.54) is 31.9 Å². The van der Waals surface area contributed by atoms with Crippen molar-refractivity contribution in [3.8, 4) is 5.75 Å². The van der Waals surface area contributed by atoms with Gasteiger partial charge in [-0.05, 0) is 50.0 Å². The lowest BCUT2D eigenvalue weighted by Gasteiger charge is -2.26. The van der Waals surface area contributed by atoms with Gasteiger partial charge >= 0.3 is 0 Å². The van der Waals surface area contributed by atoms with Crippen molar-refractivity contribution in [2.45, 2.75) is 38.3 Å². The highest BCUT2D eigenvalue weighted by atomic mass is 16.6. The molecule has 0 aromatic heterocycles. The van der Waals surface area contributed by atoms with E-state index in [9.17, 15) is 15.2 Å². The first-order valence-corrected chi connectivity index (χ1v) is 9.50. The van der Waals surface area contributed by atoms with Crippen LogP contribution in [0.15, 0.2) is 29.3 Å². The van der Waals surface area contributed by atoms with Gasteiger partial charge in [0.25, 0.3) is 6.54 Å². The minimum absolute atomic E-state index is 0.183. The average molecular weight is 378 g/mol. The van der Waals surface area contributed by atoms with E-state index in [-0.39, 0.29) is 13.2 Å². The molecule has 27 heavy (non-hydrogen) atoms. The maximum atomic E-state index is 10.5. The Kier molecular flexibility index (Phi) is 9.00. The van der Waals surface area contributed by atoms with Gasteiger partial charge in [-0.25, -0.2) is 0 Å². The smallest absolute Gasteiger partial charge is 0.259 e. The third-order valence-electron chi connectivity index (χ3n) is 4.55. The van der Waals surface area contributed by atoms with Crippen molar-refractivity contribution in [2.75, 3.05) is 39.8 Å². The van der Waals surface area contributed by atoms with Gasteiger partial charge in [0.05, 0.1) is 6.10 Å². The van der Waals surface area contributed by atoms with Gasteiger partial charge in [-0.3, -0.25) is 20.0 Å². The van der Waals surface area contributed by atoms with Gasteiger partial charge < -0.3 is 15.2 Å². The maximum Gasteiger partial charge on any atom is 0.259 e. The Labute approximate surface area is 160 Å². The molecule has 1 aliphatic rings. The van der Waals surface area contributed by atoms with Gasteiger partial charge in [0.2, 0.25) is 0 Å². The Balaban J connectivity index is 1.70. The van der Waals surface area contributed by atoms with Crippen LogP contribution >= 0.6 is 0 Å². The molecule has 8 nitrogen and oxygen atoms in total. The van der Waals surface area contributed by atoms with Crippen molar-refractivity contribution >= 4 is 5.84 Å². The number of amidine groups is 1. The van der Waals surface area contributed by atoms with E-state index in [0.717, 1.165) is 25.4 Å². The monoisotopic (exact) mass is 378 g/mol. The predicted octanol–water partition coefficient (Wildman–Crippen LogP) is 1.70. The van der Waals surface area contributed by atoms with Crippen LogP contribution in [-0.2, 0) is 6.54 Å². The normalized spacial score (nSPS) is 16.7. The van der Waals surface area contributed by atoms with Crippen molar-refractivity contribution in [3.05, 3.63) is 39.9 Å². The number of benzene rings is 1. The first-order chi connectivity index (χ1) is 13.1. The fraction of sp³-hybridized carbons (Fsp3) is 0.632. The van der Waals surface area contributed by atoms with Gasteiger partial charge in [0.1, 0.15) is 12.4 Å². The molecular formula is C19H30N4O4. The number of hydrogen-bond donors (Lipinski definition) is 2. The molecular weight excluding hydrogens is 348 g/mol. The largest absolute Gasteiger partial charge is 0.491 e. The minimum Gasteiger partial charge on any atom is -0.491 e. The number of aliphatic hydroxyl groups is 1. The zero-order valence-electron chi connectivity index (χ0n) is 16.0. The number of nitrogens with one attached hydrogen (secondary N) is 1. The zero-order chi connectivity index (χ0) is 19.5. The molecule has 2 N–H and O–H groups in total. The minimum atomic E-state index is -0.656. The van der Waals surface area contributed by atoms with E-state index in [1.807, 2.05) is 18.2 Å². The van der Waals surface area contributed by atoms with Crippen LogP contribution in [0.1, 0.15) is 31.2 Å². The SMILES string of the molecule is CN=C(C[N+](=O)[O-])NCCC(O)COc1cccc(CN2CCCCC2)c1. The lowest BCUT2D eigenvalue weighted by molar-refractivity contribution is -0.463. The highest BCUT2D eigenvalue weighted by Crippen LogP contribution is 2.17. The second-order valence-corrected chi connectivity index (χ2v) is 6.83. The quantitative estimate of drug-likeness (QED) is 0.278. The zero-order valence-corrected chi connectivity index (χ0v) is 16.0. The van der Waals surface area contributed by atoms with Crippen molar-refractivity contribution in [1.29, 1.82) is 0 Å². The summed E-state index contributed by atoms with van der Waals surface area (Å²) in [7, 11) is 1.50. The third kappa shape index (κ3) is 8.36. The topological polar surface area (TPSA) is 100 Å². The molecule has 2 rings (SSSR count). The van der Waals surface area contributed by atoms with Crippen molar-refractivity contribution in [2.24, 2.45) is 4.99 Å². The summed E-state index contributed by atoms with van der Waals surface area (Å²) < 4.78 is 5.71. The Morgan fingerprint density at radius 3 is 2.89 bits per heavy atom. The van der Waals surface area contributed by atoms with E-state index in [2.05, 4.69) is 21.3 Å². The molecule has 1 atom stereocenters. The van der Waals surface area contributed by atoms with Crippen LogP contribution < -0.4 is 10.1 Å². The highest BCUT2D eigenvalue weighted by Gasteiger charge is 2.12. The molecule has 1 aromatic rings. The number of aliphatic hydroxyl groups excluding tert-OH is 1. The van der Waals surface area contributed by atoms with Crippen LogP contribution in [0.4, 0.5) is 0 Å². The summed E-state index contributed by atoms with van der Waals surface area (Å²) >= 11 is 0. The van der Waals surface area contributed by atoms with Crippen molar-refractivity contribution < 1.29 is 14.8 Å². The van der Waals surface area contributed by atoms with Crippen LogP contribution in [-0.4, -0.2) is 66.7 Å². The fourth-order valence-electron chi connectivity index (χ4n) is 3.10. The summed E-state index contributed by atoms with van der Waals surface area (Å²) in [5, 5.41) is 23.4. The molecule has 1 heterocycles. The van der Waals surface area contributed by atoms with Crippen molar-refractivity contribution in [3.63, 3.8) is 0 Å². The molecule has 0 bridgehead atoms. The van der Waals surface area contributed by atoms with Gasteiger partial charge in [-0.15, -0.1) is 0 Å². The molecule has 8 heteroatoms. The highest BCUT2D eigenvalue weighted by molar-refractivity contribution is 5.82. The molecule has 0 aliphatic carbocycles. The number of aliphatic imine (C=N–C) groups is 1. The van der Waals surface area contributed by atoms with Crippen LogP contribution in [0.5, 0.6) is 5.75 Å². The second kappa shape index (κ2) is 11.5. The number of nitrogens with zero attached hydrogens (tertiary/aromatic N) is 3. The summed E-state index contributed by atoms with van der Waals surface area (Å²) in [6, 6.07) is 8.00. The predicted molar refractivity (Wildman–Crippen MR) is 105 cm³/mol. The van der Waals surface area contributed by atoms with E-state index in [1.54, 1.807) is 0 Å². The number of likely N-dealkylation sites (tertiary alicyclic amines) is 1. The van der Waals surface area contributed by atoms with Gasteiger partial charge in [0.15, 0.2) is 5.84 Å². The summed E-state index contributed by atoms with van der Waals surface area (Å²) in [5.74, 6) is 1.05. The lowest BCUT2D eigenvalue weighted by atomic mass is 10.1. The number of ether oxygens (including phenoxy) is 1. The summed E-state index contributed by atoms with van der Waals surface area (Å²) in [6.07, 6.45) is 3.62.